The van der Waals surface area contributed by atoms with Crippen molar-refractivity contribution >= 4 is 45.3 Å². The third-order valence-corrected chi connectivity index (χ3v) is 2.54. The number of pyridine rings is 2. The Bertz CT molecular complexity index is 458. The smallest absolute Gasteiger partial charge is 0.139 e. The molecular formula is C12H15Br2ClN2O3. The normalized spacial score (nSPS) is 8.50. The zero-order chi connectivity index (χ0) is 13.4. The van der Waals surface area contributed by atoms with Gasteiger partial charge in [-0.3, -0.25) is 9.97 Å². The highest BCUT2D eigenvalue weighted by atomic mass is 79.9. The van der Waals surface area contributed by atoms with Gasteiger partial charge in [0, 0.05) is 17.7 Å². The van der Waals surface area contributed by atoms with Crippen molar-refractivity contribution in [3.63, 3.8) is 0 Å². The Hall–Kier alpha value is -0.890. The number of aliphatic hydroxyl groups is 1. The number of rotatable bonds is 2. The van der Waals surface area contributed by atoms with Gasteiger partial charge in [-0.15, -0.1) is 29.4 Å². The summed E-state index contributed by atoms with van der Waals surface area (Å²) in [5.74, 6) is 0.286. The van der Waals surface area contributed by atoms with Gasteiger partial charge in [0.2, 0.25) is 0 Å². The van der Waals surface area contributed by atoms with Crippen molar-refractivity contribution < 1.29 is 15.3 Å². The third-order valence-electron chi connectivity index (χ3n) is 2.01. The maximum atomic E-state index is 9.02. The van der Waals surface area contributed by atoms with Crippen LogP contribution >= 0.6 is 45.3 Å². The molecule has 2 heterocycles. The van der Waals surface area contributed by atoms with Crippen LogP contribution in [0.15, 0.2) is 36.7 Å². The molecule has 0 spiro atoms. The fourth-order valence-corrected chi connectivity index (χ4v) is 1.52. The number of nitrogens with zero attached hydrogens (tertiary/aromatic N) is 2. The Morgan fingerprint density at radius 2 is 1.40 bits per heavy atom. The highest BCUT2D eigenvalue weighted by Gasteiger charge is 1.96. The van der Waals surface area contributed by atoms with Crippen LogP contribution in [0, 0.1) is 0 Å². The number of hydrogen-bond acceptors (Lipinski definition) is 5. The minimum atomic E-state index is -0.216. The second-order valence-corrected chi connectivity index (χ2v) is 3.79. The molecule has 2 rings (SSSR count). The zero-order valence-electron chi connectivity index (χ0n) is 10.3. The number of halogens is 3. The van der Waals surface area contributed by atoms with Crippen LogP contribution in [-0.4, -0.2) is 25.3 Å². The summed E-state index contributed by atoms with van der Waals surface area (Å²) in [4.78, 5) is 7.60. The van der Waals surface area contributed by atoms with E-state index in [9.17, 15) is 0 Å². The molecule has 2 aromatic rings. The maximum absolute atomic E-state index is 9.02. The summed E-state index contributed by atoms with van der Waals surface area (Å²) in [6.45, 7) is -0.216. The molecule has 0 aliphatic carbocycles. The Morgan fingerprint density at radius 1 is 0.950 bits per heavy atom. The van der Waals surface area contributed by atoms with Gasteiger partial charge < -0.3 is 15.3 Å². The van der Waals surface area contributed by atoms with Crippen molar-refractivity contribution in [3.8, 4) is 11.5 Å². The molecule has 0 radical (unpaired) electrons. The average molecular weight is 431 g/mol. The molecule has 8 heteroatoms. The van der Waals surface area contributed by atoms with E-state index in [2.05, 4.69) is 25.9 Å². The first kappa shape index (κ1) is 21.4. The lowest BCUT2D eigenvalue weighted by Crippen LogP contribution is -1.86. The van der Waals surface area contributed by atoms with Gasteiger partial charge in [0.15, 0.2) is 0 Å². The van der Waals surface area contributed by atoms with E-state index in [0.717, 1.165) is 0 Å². The number of hydrogen-bond donors (Lipinski definition) is 3. The van der Waals surface area contributed by atoms with E-state index in [-0.39, 0.29) is 47.5 Å². The summed E-state index contributed by atoms with van der Waals surface area (Å²) in [5.41, 5.74) is 0.995. The second kappa shape index (κ2) is 11.9. The molecule has 0 atom stereocenters. The first-order valence-electron chi connectivity index (χ1n) is 5.11. The van der Waals surface area contributed by atoms with Gasteiger partial charge in [0.05, 0.1) is 12.3 Å². The number of aromatic nitrogens is 2. The Kier molecular flexibility index (Phi) is 12.7. The summed E-state index contributed by atoms with van der Waals surface area (Å²) in [7, 11) is 0. The molecule has 3 N–H and O–H groups in total. The van der Waals surface area contributed by atoms with Crippen molar-refractivity contribution in [1.29, 1.82) is 0 Å². The first-order chi connectivity index (χ1) is 8.69. The van der Waals surface area contributed by atoms with Gasteiger partial charge in [-0.05, 0) is 24.3 Å². The van der Waals surface area contributed by atoms with Crippen LogP contribution in [0.4, 0.5) is 0 Å². The van der Waals surface area contributed by atoms with Crippen LogP contribution in [0.25, 0.3) is 0 Å². The first-order valence-corrected chi connectivity index (χ1v) is 6.23. The number of aliphatic hydroxyl groups excluding tert-OH is 1. The molecule has 5 nitrogen and oxygen atoms in total. The van der Waals surface area contributed by atoms with Crippen LogP contribution in [0.1, 0.15) is 11.4 Å². The Labute approximate surface area is 142 Å². The van der Waals surface area contributed by atoms with Crippen LogP contribution in [0.2, 0.25) is 0 Å². The lowest BCUT2D eigenvalue weighted by molar-refractivity contribution is 0.270. The van der Waals surface area contributed by atoms with E-state index < -0.39 is 0 Å². The van der Waals surface area contributed by atoms with E-state index in [4.69, 9.17) is 15.3 Å². The zero-order valence-corrected chi connectivity index (χ0v) is 14.4. The summed E-state index contributed by atoms with van der Waals surface area (Å²) >= 11 is 3.19. The molecule has 2 aromatic heterocycles. The van der Waals surface area contributed by atoms with Crippen molar-refractivity contribution in [2.45, 2.75) is 11.9 Å². The lowest BCUT2D eigenvalue weighted by atomic mass is 10.3. The van der Waals surface area contributed by atoms with Crippen LogP contribution in [0.5, 0.6) is 11.5 Å². The monoisotopic (exact) mass is 428 g/mol. The SMILES string of the molecule is Br.Cl.OCc1ncccc1O.Oc1cccnc1CBr. The molecule has 0 saturated carbocycles. The van der Waals surface area contributed by atoms with E-state index in [1.54, 1.807) is 24.4 Å². The largest absolute Gasteiger partial charge is 0.506 e. The van der Waals surface area contributed by atoms with E-state index in [1.807, 2.05) is 0 Å². The van der Waals surface area contributed by atoms with Gasteiger partial charge >= 0.3 is 0 Å². The van der Waals surface area contributed by atoms with Crippen LogP contribution < -0.4 is 0 Å². The molecule has 112 valence electrons. The minimum Gasteiger partial charge on any atom is -0.506 e. The van der Waals surface area contributed by atoms with Crippen molar-refractivity contribution in [2.24, 2.45) is 0 Å². The fourth-order valence-electron chi connectivity index (χ4n) is 1.08. The molecule has 20 heavy (non-hydrogen) atoms. The van der Waals surface area contributed by atoms with Gasteiger partial charge in [-0.1, -0.05) is 15.9 Å². The predicted molar refractivity (Wildman–Crippen MR) is 87.9 cm³/mol. The Morgan fingerprint density at radius 3 is 1.65 bits per heavy atom. The molecule has 0 amide bonds. The highest BCUT2D eigenvalue weighted by molar-refractivity contribution is 9.08. The maximum Gasteiger partial charge on any atom is 0.139 e. The van der Waals surface area contributed by atoms with Crippen molar-refractivity contribution in [1.82, 2.24) is 9.97 Å². The van der Waals surface area contributed by atoms with Gasteiger partial charge in [0.25, 0.3) is 0 Å². The fraction of sp³-hybridized carbons (Fsp3) is 0.167. The van der Waals surface area contributed by atoms with Crippen molar-refractivity contribution in [2.75, 3.05) is 0 Å². The average Bonchev–Trinajstić information content (AvgIpc) is 2.41. The van der Waals surface area contributed by atoms with E-state index in [0.29, 0.717) is 16.7 Å². The van der Waals surface area contributed by atoms with Crippen molar-refractivity contribution in [3.05, 3.63) is 48.0 Å². The molecular weight excluding hydrogens is 415 g/mol. The molecule has 0 aromatic carbocycles. The molecule has 0 bridgehead atoms. The molecule has 0 fully saturated rings. The highest BCUT2D eigenvalue weighted by Crippen LogP contribution is 2.14. The topological polar surface area (TPSA) is 86.5 Å². The summed E-state index contributed by atoms with van der Waals surface area (Å²) in [6, 6.07) is 6.40. The standard InChI is InChI=1S/C6H6BrNO.C6H7NO2.BrH.ClH/c7-4-5-6(9)2-1-3-8-5;8-4-5-6(9)2-1-3-7-5;;/h1-3,9H,4H2;1-3,8-9H,4H2;2*1H. The summed E-state index contributed by atoms with van der Waals surface area (Å²) in [5, 5.41) is 27.0. The molecule has 0 unspecified atom stereocenters. The van der Waals surface area contributed by atoms with E-state index in [1.165, 1.54) is 12.3 Å². The predicted octanol–water partition coefficient (Wildman–Crippen LogP) is 2.96. The molecule has 0 aliphatic heterocycles. The van der Waals surface area contributed by atoms with Gasteiger partial charge in [-0.25, -0.2) is 0 Å². The van der Waals surface area contributed by atoms with E-state index >= 15 is 0 Å². The van der Waals surface area contributed by atoms with Crippen LogP contribution in [-0.2, 0) is 11.9 Å². The molecule has 0 aliphatic rings. The second-order valence-electron chi connectivity index (χ2n) is 3.23. The molecule has 0 saturated heterocycles. The third kappa shape index (κ3) is 7.04. The quantitative estimate of drug-likeness (QED) is 0.638. The minimum absolute atomic E-state index is 0. The number of aromatic hydroxyl groups is 2. The summed E-state index contributed by atoms with van der Waals surface area (Å²) < 4.78 is 0. The Balaban J connectivity index is 0. The van der Waals surface area contributed by atoms with Gasteiger partial charge in [-0.2, -0.15) is 0 Å². The van der Waals surface area contributed by atoms with Crippen LogP contribution in [0.3, 0.4) is 0 Å². The van der Waals surface area contributed by atoms with Gasteiger partial charge in [0.1, 0.15) is 17.2 Å². The summed E-state index contributed by atoms with van der Waals surface area (Å²) in [6.07, 6.45) is 3.17. The number of alkyl halides is 1. The lowest BCUT2D eigenvalue weighted by Gasteiger charge is -1.95.